The zero-order valence-corrected chi connectivity index (χ0v) is 17.8. The van der Waals surface area contributed by atoms with Crippen LogP contribution < -0.4 is 5.32 Å². The van der Waals surface area contributed by atoms with E-state index < -0.39 is 11.7 Å². The summed E-state index contributed by atoms with van der Waals surface area (Å²) in [4.78, 5) is 22.8. The predicted molar refractivity (Wildman–Crippen MR) is 112 cm³/mol. The largest absolute Gasteiger partial charge is 0.416 e. The molecule has 1 aromatic carbocycles. The third-order valence-electron chi connectivity index (χ3n) is 5.59. The van der Waals surface area contributed by atoms with Gasteiger partial charge in [0, 0.05) is 26.0 Å². The van der Waals surface area contributed by atoms with Crippen molar-refractivity contribution in [1.29, 1.82) is 0 Å². The van der Waals surface area contributed by atoms with Crippen LogP contribution in [-0.4, -0.2) is 39.4 Å². The van der Waals surface area contributed by atoms with Crippen molar-refractivity contribution in [3.05, 3.63) is 46.9 Å². The standard InChI is InChI=1S/C22H24F3N5O/c1-12-7-15(22(23,24)25)8-13(2)18(12)28-21-19-20(16(9-26-21)14-5-6-14)30(11-27-19)10-17(31)29(3)4/h7-9,11,14H,5-6,10H2,1-4H3,(H,26,28). The van der Waals surface area contributed by atoms with Crippen molar-refractivity contribution in [2.75, 3.05) is 19.4 Å². The van der Waals surface area contributed by atoms with E-state index in [4.69, 9.17) is 0 Å². The van der Waals surface area contributed by atoms with E-state index in [9.17, 15) is 18.0 Å². The number of aromatic nitrogens is 3. The van der Waals surface area contributed by atoms with Crippen LogP contribution >= 0.6 is 0 Å². The molecule has 6 nitrogen and oxygen atoms in total. The zero-order valence-electron chi connectivity index (χ0n) is 17.8. The number of alkyl halides is 3. The molecule has 0 radical (unpaired) electrons. The van der Waals surface area contributed by atoms with Crippen molar-refractivity contribution in [3.8, 4) is 0 Å². The molecule has 1 saturated carbocycles. The first kappa shape index (κ1) is 21.1. The van der Waals surface area contributed by atoms with Crippen LogP contribution in [0.4, 0.5) is 24.7 Å². The molecule has 1 N–H and O–H groups in total. The summed E-state index contributed by atoms with van der Waals surface area (Å²) in [6.07, 6.45) is 1.14. The van der Waals surface area contributed by atoms with Crippen LogP contribution in [0, 0.1) is 13.8 Å². The van der Waals surface area contributed by atoms with Crippen molar-refractivity contribution >= 4 is 28.4 Å². The lowest BCUT2D eigenvalue weighted by Gasteiger charge is -2.17. The van der Waals surface area contributed by atoms with Gasteiger partial charge in [-0.05, 0) is 61.4 Å². The number of nitrogens with zero attached hydrogens (tertiary/aromatic N) is 4. The number of nitrogens with one attached hydrogen (secondary N) is 1. The second-order valence-electron chi connectivity index (χ2n) is 8.30. The van der Waals surface area contributed by atoms with Crippen molar-refractivity contribution in [2.24, 2.45) is 0 Å². The van der Waals surface area contributed by atoms with Crippen LogP contribution in [0.15, 0.2) is 24.7 Å². The summed E-state index contributed by atoms with van der Waals surface area (Å²) in [5, 5.41) is 3.19. The average molecular weight is 431 g/mol. The fourth-order valence-corrected chi connectivity index (χ4v) is 3.75. The van der Waals surface area contributed by atoms with Gasteiger partial charge in [-0.3, -0.25) is 4.79 Å². The molecule has 1 aliphatic carbocycles. The number of amides is 1. The Morgan fingerprint density at radius 2 is 1.84 bits per heavy atom. The fraction of sp³-hybridized carbons (Fsp3) is 0.409. The number of carbonyl (C=O) groups is 1. The molecular weight excluding hydrogens is 407 g/mol. The Hall–Kier alpha value is -3.10. The fourth-order valence-electron chi connectivity index (χ4n) is 3.75. The number of rotatable bonds is 5. The number of halogens is 3. The van der Waals surface area contributed by atoms with Gasteiger partial charge in [0.15, 0.2) is 5.82 Å². The number of carbonyl (C=O) groups excluding carboxylic acids is 1. The Balaban J connectivity index is 1.77. The minimum absolute atomic E-state index is 0.0539. The molecule has 4 rings (SSSR count). The normalized spacial score (nSPS) is 14.2. The van der Waals surface area contributed by atoms with E-state index in [0.29, 0.717) is 34.1 Å². The molecular formula is C22H24F3N5O. The van der Waals surface area contributed by atoms with E-state index in [1.165, 1.54) is 4.90 Å². The Kier molecular flexibility index (Phi) is 5.15. The SMILES string of the molecule is Cc1cc(C(F)(F)F)cc(C)c1Nc1ncc(C2CC2)c2c1ncn2CC(=O)N(C)C. The van der Waals surface area contributed by atoms with Gasteiger partial charge < -0.3 is 14.8 Å². The summed E-state index contributed by atoms with van der Waals surface area (Å²) >= 11 is 0. The molecule has 0 unspecified atom stereocenters. The molecule has 3 aromatic rings. The lowest BCUT2D eigenvalue weighted by molar-refractivity contribution is -0.137. The molecule has 31 heavy (non-hydrogen) atoms. The van der Waals surface area contributed by atoms with Gasteiger partial charge in [0.25, 0.3) is 0 Å². The Labute approximate surface area is 178 Å². The lowest BCUT2D eigenvalue weighted by atomic mass is 10.0. The maximum atomic E-state index is 13.1. The molecule has 0 bridgehead atoms. The number of hydrogen-bond donors (Lipinski definition) is 1. The van der Waals surface area contributed by atoms with E-state index in [1.54, 1.807) is 40.5 Å². The Morgan fingerprint density at radius 3 is 2.39 bits per heavy atom. The van der Waals surface area contributed by atoms with E-state index in [1.807, 2.05) is 4.57 Å². The van der Waals surface area contributed by atoms with Gasteiger partial charge in [-0.2, -0.15) is 13.2 Å². The van der Waals surface area contributed by atoms with Gasteiger partial charge in [-0.25, -0.2) is 9.97 Å². The summed E-state index contributed by atoms with van der Waals surface area (Å²) in [6, 6.07) is 2.25. The smallest absolute Gasteiger partial charge is 0.347 e. The first-order valence-electron chi connectivity index (χ1n) is 10.1. The van der Waals surface area contributed by atoms with Gasteiger partial charge >= 0.3 is 6.18 Å². The highest BCUT2D eigenvalue weighted by atomic mass is 19.4. The highest BCUT2D eigenvalue weighted by molar-refractivity contribution is 5.92. The second-order valence-corrected chi connectivity index (χ2v) is 8.30. The van der Waals surface area contributed by atoms with Crippen molar-refractivity contribution < 1.29 is 18.0 Å². The number of hydrogen-bond acceptors (Lipinski definition) is 4. The van der Waals surface area contributed by atoms with Crippen LogP contribution in [-0.2, 0) is 17.5 Å². The molecule has 0 spiro atoms. The summed E-state index contributed by atoms with van der Waals surface area (Å²) < 4.78 is 41.2. The summed E-state index contributed by atoms with van der Waals surface area (Å²) in [6.45, 7) is 3.42. The maximum Gasteiger partial charge on any atom is 0.416 e. The molecule has 1 aliphatic rings. The Bertz CT molecular complexity index is 1140. The number of anilines is 2. The molecule has 1 amide bonds. The van der Waals surface area contributed by atoms with Crippen LogP contribution in [0.3, 0.4) is 0 Å². The Morgan fingerprint density at radius 1 is 1.19 bits per heavy atom. The zero-order chi connectivity index (χ0) is 22.5. The van der Waals surface area contributed by atoms with E-state index >= 15 is 0 Å². The van der Waals surface area contributed by atoms with Gasteiger partial charge in [0.1, 0.15) is 12.1 Å². The van der Waals surface area contributed by atoms with Crippen molar-refractivity contribution in [2.45, 2.75) is 45.3 Å². The van der Waals surface area contributed by atoms with Crippen LogP contribution in [0.2, 0.25) is 0 Å². The molecule has 2 heterocycles. The number of likely N-dealkylation sites (N-methyl/N-ethyl adjacent to an activating group) is 1. The molecule has 0 saturated heterocycles. The lowest BCUT2D eigenvalue weighted by Crippen LogP contribution is -2.26. The third kappa shape index (κ3) is 4.08. The topological polar surface area (TPSA) is 63.1 Å². The third-order valence-corrected chi connectivity index (χ3v) is 5.59. The summed E-state index contributed by atoms with van der Waals surface area (Å²) in [7, 11) is 3.40. The number of aryl methyl sites for hydroxylation is 2. The van der Waals surface area contributed by atoms with Gasteiger partial charge in [0.05, 0.1) is 17.4 Å². The van der Waals surface area contributed by atoms with Crippen LogP contribution in [0.5, 0.6) is 0 Å². The molecule has 164 valence electrons. The number of pyridine rings is 1. The molecule has 0 atom stereocenters. The average Bonchev–Trinajstić information content (AvgIpc) is 3.44. The van der Waals surface area contributed by atoms with Gasteiger partial charge in [0.2, 0.25) is 5.91 Å². The predicted octanol–water partition coefficient (Wildman–Crippen LogP) is 4.78. The van der Waals surface area contributed by atoms with E-state index in [-0.39, 0.29) is 12.5 Å². The monoisotopic (exact) mass is 431 g/mol. The van der Waals surface area contributed by atoms with Gasteiger partial charge in [-0.1, -0.05) is 0 Å². The first-order chi connectivity index (χ1) is 14.6. The highest BCUT2D eigenvalue weighted by Gasteiger charge is 2.32. The summed E-state index contributed by atoms with van der Waals surface area (Å²) in [5.41, 5.74) is 3.32. The number of imidazole rings is 1. The molecule has 9 heteroatoms. The first-order valence-corrected chi connectivity index (χ1v) is 10.1. The molecule has 2 aromatic heterocycles. The second kappa shape index (κ2) is 7.55. The van der Waals surface area contributed by atoms with Crippen molar-refractivity contribution in [1.82, 2.24) is 19.4 Å². The van der Waals surface area contributed by atoms with Crippen LogP contribution in [0.25, 0.3) is 11.0 Å². The minimum Gasteiger partial charge on any atom is -0.347 e. The molecule has 0 aliphatic heterocycles. The van der Waals surface area contributed by atoms with Crippen LogP contribution in [0.1, 0.15) is 41.0 Å². The van der Waals surface area contributed by atoms with Gasteiger partial charge in [-0.15, -0.1) is 0 Å². The van der Waals surface area contributed by atoms with Crippen molar-refractivity contribution in [3.63, 3.8) is 0 Å². The van der Waals surface area contributed by atoms with E-state index in [0.717, 1.165) is 36.1 Å². The quantitative estimate of drug-likeness (QED) is 0.632. The number of fused-ring (bicyclic) bond motifs is 1. The minimum atomic E-state index is -4.40. The maximum absolute atomic E-state index is 13.1. The highest BCUT2D eigenvalue weighted by Crippen LogP contribution is 2.44. The number of benzene rings is 1. The molecule has 1 fully saturated rings. The van der Waals surface area contributed by atoms with E-state index in [2.05, 4.69) is 15.3 Å². The summed E-state index contributed by atoms with van der Waals surface area (Å²) in [5.74, 6) is 0.798.